The van der Waals surface area contributed by atoms with Crippen molar-refractivity contribution in [3.8, 4) is 73.7 Å². The molecule has 5 aromatic carbocycles. The summed E-state index contributed by atoms with van der Waals surface area (Å²) in [7, 11) is 8.38. The number of aliphatic hydroxyl groups excluding tert-OH is 1. The summed E-state index contributed by atoms with van der Waals surface area (Å²) in [5.41, 5.74) is 18.4. The van der Waals surface area contributed by atoms with Gasteiger partial charge in [0.1, 0.15) is 18.1 Å². The molecule has 1 N–H and O–H groups in total. The van der Waals surface area contributed by atoms with Crippen molar-refractivity contribution in [1.29, 1.82) is 0 Å². The van der Waals surface area contributed by atoms with Gasteiger partial charge in [0.2, 0.25) is 18.2 Å². The lowest BCUT2D eigenvalue weighted by atomic mass is 9.64. The number of carbonyl (C=O) groups excluding carboxylic acids is 2. The van der Waals surface area contributed by atoms with Gasteiger partial charge in [-0.2, -0.15) is 4.98 Å². The first-order chi connectivity index (χ1) is 67.6. The number of rotatable bonds is 34. The van der Waals surface area contributed by atoms with Crippen LogP contribution in [0.5, 0.6) is 17.4 Å². The quantitative estimate of drug-likeness (QED) is 0.0129. The number of hydrogen-bond acceptors (Lipinski definition) is 25. The van der Waals surface area contributed by atoms with E-state index >= 15 is 0 Å². The zero-order chi connectivity index (χ0) is 100. The predicted octanol–water partition coefficient (Wildman–Crippen LogP) is 17.7. The fourth-order valence-corrected chi connectivity index (χ4v) is 24.1. The highest BCUT2D eigenvalue weighted by Gasteiger charge is 2.48. The largest absolute Gasteiger partial charge is 0.496 e. The van der Waals surface area contributed by atoms with Crippen LogP contribution >= 0.6 is 58.8 Å². The summed E-state index contributed by atoms with van der Waals surface area (Å²) < 4.78 is 45.1. The smallest absolute Gasteiger partial charge is 0.258 e. The van der Waals surface area contributed by atoms with Crippen LogP contribution in [-0.2, 0) is 114 Å². The molecule has 26 nitrogen and oxygen atoms in total. The number of thioether (sulfide) groups is 5. The van der Waals surface area contributed by atoms with Crippen molar-refractivity contribution in [1.82, 2.24) is 58.0 Å². The van der Waals surface area contributed by atoms with Crippen molar-refractivity contribution in [2.24, 2.45) is 0 Å². The minimum Gasteiger partial charge on any atom is -0.496 e. The Morgan fingerprint density at radius 1 is 0.414 bits per heavy atom. The highest BCUT2D eigenvalue weighted by atomic mass is 32.2. The number of benzene rings is 5. The number of allylic oxidation sites excluding steroid dienone is 4. The maximum atomic E-state index is 13.9. The van der Waals surface area contributed by atoms with Crippen molar-refractivity contribution in [2.75, 3.05) is 137 Å². The monoisotopic (exact) mass is 1990 g/mol. The van der Waals surface area contributed by atoms with E-state index < -0.39 is 0 Å². The summed E-state index contributed by atoms with van der Waals surface area (Å²) in [6, 6.07) is 36.9. The number of piperidine rings is 2. The molecule has 2 amide bonds. The second-order valence-corrected chi connectivity index (χ2v) is 43.1. The Hall–Kier alpha value is -10.5. The molecule has 2 fully saturated rings. The highest BCUT2D eigenvalue weighted by molar-refractivity contribution is 8.00. The Kier molecular flexibility index (Phi) is 37.1. The standard InChI is InChI=1S/C24H29N3O3S.C23H27N3O3S.C22H28N2O3S.C20H26N2O3S.C20H24N2O2S/c1-4-11-27-22(29)20-21(25-23(27)31-15-14-30-3)19-8-6-5-7-18(19)16-24(20)9-12-26(13-10-24)17(2)28;1-3-10-26-21(28)19-20(24-22(26)30-14-13-29-2)18-7-5-4-6-17(18)15-23(19)8-11-25(16-27)12-9-23;1-6-11-24-20(25)18-19(23-21(24)28-7-2)15-9-8-10-17(27-13-12-26-5)16(15)14-22(18,3)4;1-20(2)13-14-7-4-5-8-15(14)17-16(20)18(25-10-6-9-23)22-19(21-17)26-12-11-24-3;1-6-11-22-18(23)16-17(21-19(22)25-7-2)13-9-8-10-15(24-5)14(13)12-20(16,3)4/h4-8H,1,9-16H2,2-3H3;3-7,16H,1,8-15H2,2H3;6,8-10H,1,7,11-14H2,2-5H3;4-5,7-8,23H,6,9-13H2,1-3H3;6,8-10H,1,7,11-12H2,2-5H3. The van der Waals surface area contributed by atoms with Gasteiger partial charge in [0.15, 0.2) is 25.8 Å². The minimum atomic E-state index is -0.342. The fraction of sp³-hybridized carbons (Fsp3) is 0.450. The number of fused-ring (bicyclic) bond motifs is 17. The number of nitrogens with zero attached hydrogens (tertiary/aromatic N) is 12. The van der Waals surface area contributed by atoms with Gasteiger partial charge in [-0.05, 0) is 98.1 Å². The van der Waals surface area contributed by atoms with E-state index in [1.807, 2.05) is 65.6 Å². The molecule has 0 atom stereocenters. The topological polar surface area (TPSA) is 291 Å². The van der Waals surface area contributed by atoms with Gasteiger partial charge in [0.05, 0.1) is 79.7 Å². The van der Waals surface area contributed by atoms with Crippen molar-refractivity contribution in [2.45, 2.75) is 206 Å². The Labute approximate surface area is 843 Å². The third-order valence-electron chi connectivity index (χ3n) is 26.7. The maximum absolute atomic E-state index is 13.9. The van der Waals surface area contributed by atoms with Crippen LogP contribution in [0.1, 0.15) is 150 Å². The van der Waals surface area contributed by atoms with E-state index in [2.05, 4.69) is 130 Å². The third-order valence-corrected chi connectivity index (χ3v) is 31.1. The molecule has 0 bridgehead atoms. The van der Waals surface area contributed by atoms with Gasteiger partial charge in [0, 0.05) is 201 Å². The van der Waals surface area contributed by atoms with Crippen LogP contribution in [0.25, 0.3) is 56.3 Å². The SMILES string of the molecule is C=CCn1c(SCC)nc2c(c1=O)C(C)(C)Cc1c(OC)cccc1-2.C=CCn1c(SCC)nc2c(c1=O)C(C)(C)Cc1c(OCCOC)cccc1-2.C=CCn1c(SCCOC)nc2c(c1=O)C1(CCN(C(C)=O)CC1)Cc1ccccc1-2.C=CCn1c(SCCOC)nc2c(c1=O)C1(CCN(C=O)CC1)Cc1ccccc1-2.COCCSc1nc(OCCCO)c2c(n1)-c1ccccc1CC2(C)C. The van der Waals surface area contributed by atoms with Crippen LogP contribution in [0.2, 0.25) is 0 Å². The van der Waals surface area contributed by atoms with Gasteiger partial charge in [0.25, 0.3) is 22.2 Å². The molecular weight excluding hydrogens is 1860 g/mol. The summed E-state index contributed by atoms with van der Waals surface area (Å²) >= 11 is 7.81. The van der Waals surface area contributed by atoms with Crippen LogP contribution in [0.3, 0.4) is 0 Å². The van der Waals surface area contributed by atoms with Crippen molar-refractivity contribution in [3.05, 3.63) is 257 Å². The second kappa shape index (κ2) is 48.5. The molecule has 31 heteroatoms. The average molecular weight is 2000 g/mol. The van der Waals surface area contributed by atoms with E-state index in [-0.39, 0.29) is 61.8 Å². The van der Waals surface area contributed by atoms with E-state index in [0.717, 1.165) is 210 Å². The van der Waals surface area contributed by atoms with Crippen LogP contribution in [0.15, 0.2) is 205 Å². The Morgan fingerprint density at radius 3 is 1.19 bits per heavy atom. The molecule has 5 aromatic heterocycles. The molecule has 140 heavy (non-hydrogen) atoms. The fourth-order valence-electron chi connectivity index (χ4n) is 20.1. The van der Waals surface area contributed by atoms with Gasteiger partial charge in [-0.15, -0.1) is 26.3 Å². The van der Waals surface area contributed by atoms with Crippen LogP contribution in [-0.4, -0.2) is 212 Å². The van der Waals surface area contributed by atoms with Gasteiger partial charge in [-0.25, -0.2) is 24.9 Å². The van der Waals surface area contributed by atoms with Crippen LogP contribution in [0.4, 0.5) is 0 Å². The normalized spacial score (nSPS) is 15.4. The van der Waals surface area contributed by atoms with E-state index in [9.17, 15) is 28.8 Å². The summed E-state index contributed by atoms with van der Waals surface area (Å²) in [5, 5.41) is 12.7. The zero-order valence-corrected chi connectivity index (χ0v) is 87.6. The average Bonchev–Trinajstić information content (AvgIpc) is 0.711. The summed E-state index contributed by atoms with van der Waals surface area (Å²) in [6.07, 6.45) is 15.6. The molecule has 0 saturated carbocycles. The predicted molar refractivity (Wildman–Crippen MR) is 565 cm³/mol. The molecule has 5 aliphatic carbocycles. The van der Waals surface area contributed by atoms with Gasteiger partial charge in [-0.3, -0.25) is 47.0 Å². The number of aliphatic hydroxyl groups is 1. The van der Waals surface area contributed by atoms with Gasteiger partial charge < -0.3 is 48.1 Å². The molecule has 10 aromatic rings. The molecule has 2 saturated heterocycles. The molecule has 0 radical (unpaired) electrons. The van der Waals surface area contributed by atoms with E-state index in [1.54, 1.807) is 125 Å². The molecule has 17 rings (SSSR count). The number of aromatic nitrogens is 10. The number of ether oxygens (including phenoxy) is 7. The lowest BCUT2D eigenvalue weighted by molar-refractivity contribution is -0.130. The molecule has 7 heterocycles. The zero-order valence-electron chi connectivity index (χ0n) is 83.5. The maximum Gasteiger partial charge on any atom is 0.258 e. The number of carbonyl (C=O) groups is 2. The number of hydrogen-bond donors (Lipinski definition) is 1. The minimum absolute atomic E-state index is 0.0221. The second-order valence-electron chi connectivity index (χ2n) is 37.5. The Morgan fingerprint density at radius 2 is 0.786 bits per heavy atom. The number of methoxy groups -OCH3 is 5. The molecule has 2 aliphatic heterocycles. The van der Waals surface area contributed by atoms with Crippen molar-refractivity contribution in [3.63, 3.8) is 0 Å². The third kappa shape index (κ3) is 23.2. The first kappa shape index (κ1) is 107. The summed E-state index contributed by atoms with van der Waals surface area (Å²) in [4.78, 5) is 111. The van der Waals surface area contributed by atoms with E-state index in [4.69, 9.17) is 68.2 Å². The van der Waals surface area contributed by atoms with Crippen LogP contribution in [0, 0.1) is 0 Å². The van der Waals surface area contributed by atoms with Gasteiger partial charge >= 0.3 is 0 Å². The first-order valence-corrected chi connectivity index (χ1v) is 52.9. The lowest BCUT2D eigenvalue weighted by Crippen LogP contribution is -2.50. The molecule has 2 spiro atoms. The molecule has 7 aliphatic rings. The van der Waals surface area contributed by atoms with Crippen molar-refractivity contribution >= 4 is 71.1 Å². The Balaban J connectivity index is 0.000000148. The first-order valence-electron chi connectivity index (χ1n) is 48.0. The molecule has 744 valence electrons. The van der Waals surface area contributed by atoms with Gasteiger partial charge in [-0.1, -0.05) is 236 Å². The van der Waals surface area contributed by atoms with E-state index in [1.165, 1.54) is 40.2 Å². The highest BCUT2D eigenvalue weighted by Crippen LogP contribution is 2.53. The van der Waals surface area contributed by atoms with E-state index in [0.29, 0.717) is 120 Å². The molecular formula is C109H134N12O14S5. The summed E-state index contributed by atoms with van der Waals surface area (Å²) in [6.45, 7) is 41.7. The lowest BCUT2D eigenvalue weighted by Gasteiger charge is -2.45. The van der Waals surface area contributed by atoms with Crippen molar-refractivity contribution < 1.29 is 47.9 Å². The molecule has 0 unspecified atom stereocenters. The number of amides is 2. The van der Waals surface area contributed by atoms with Crippen LogP contribution < -0.4 is 36.4 Å². The Bertz CT molecular complexity index is 6410. The number of likely N-dealkylation sites (tertiary alicyclic amines) is 2. The summed E-state index contributed by atoms with van der Waals surface area (Å²) in [5.74, 6) is 6.37.